The van der Waals surface area contributed by atoms with Gasteiger partial charge in [0.05, 0.1) is 50.4 Å². The van der Waals surface area contributed by atoms with E-state index in [1.807, 2.05) is 0 Å². The summed E-state index contributed by atoms with van der Waals surface area (Å²) < 4.78 is 55.0. The number of likely N-dealkylation sites (tertiary alicyclic amines) is 1. The minimum absolute atomic E-state index is 0.160. The van der Waals surface area contributed by atoms with E-state index in [9.17, 15) is 8.78 Å². The van der Waals surface area contributed by atoms with Crippen molar-refractivity contribution in [1.29, 1.82) is 0 Å². The molecule has 12 heteroatoms. The Labute approximate surface area is 224 Å². The number of piperidine rings is 1. The number of azo groups is 1. The number of methoxy groups -OCH3 is 1. The standard InChI is InChI=1S/C27H32F3N7O2/c1-14-10-36(17-12-39-13-17)7-6-21(14)32-27-33-26(38-3)24-23(20(28)11-37(24)35-27)16-4-5-22-18(8-16)19(9-31-34-22)15(2)25(29)30/h4-5,8,11,14-15,17,19,21,25H,6-7,9-10,12-13H2,1-3H3,(H,32,35)/t14-,15+,19?,21-/m1/s1. The summed E-state index contributed by atoms with van der Waals surface area (Å²) in [5.74, 6) is -1.02. The first kappa shape index (κ1) is 26.0. The number of nitrogens with one attached hydrogen (secondary N) is 1. The molecule has 1 N–H and O–H groups in total. The van der Waals surface area contributed by atoms with E-state index in [4.69, 9.17) is 9.47 Å². The lowest BCUT2D eigenvalue weighted by Gasteiger charge is -2.44. The molecule has 0 amide bonds. The van der Waals surface area contributed by atoms with Crippen LogP contribution in [0.25, 0.3) is 16.6 Å². The van der Waals surface area contributed by atoms with Crippen LogP contribution >= 0.6 is 0 Å². The second kappa shape index (κ2) is 10.4. The fourth-order valence-electron chi connectivity index (χ4n) is 5.85. The number of nitrogens with zero attached hydrogens (tertiary/aromatic N) is 6. The quantitative estimate of drug-likeness (QED) is 0.444. The van der Waals surface area contributed by atoms with Gasteiger partial charge in [-0.05, 0) is 35.6 Å². The van der Waals surface area contributed by atoms with E-state index in [-0.39, 0.29) is 24.0 Å². The van der Waals surface area contributed by atoms with Gasteiger partial charge in [0.25, 0.3) is 0 Å². The average molecular weight is 544 g/mol. The van der Waals surface area contributed by atoms with E-state index in [1.54, 1.807) is 18.2 Å². The number of hydrogen-bond donors (Lipinski definition) is 1. The van der Waals surface area contributed by atoms with Crippen LogP contribution in [-0.4, -0.2) is 78.0 Å². The highest BCUT2D eigenvalue weighted by Gasteiger charge is 2.34. The molecule has 3 aromatic rings. The number of benzene rings is 1. The molecule has 2 saturated heterocycles. The number of anilines is 1. The van der Waals surface area contributed by atoms with Crippen molar-refractivity contribution in [1.82, 2.24) is 19.5 Å². The molecule has 5 heterocycles. The molecule has 3 aliphatic heterocycles. The lowest BCUT2D eigenvalue weighted by atomic mass is 9.84. The maximum atomic E-state index is 15.5. The van der Waals surface area contributed by atoms with Gasteiger partial charge in [-0.2, -0.15) is 15.2 Å². The van der Waals surface area contributed by atoms with Crippen molar-refractivity contribution in [3.8, 4) is 17.0 Å². The zero-order valence-electron chi connectivity index (χ0n) is 22.1. The van der Waals surface area contributed by atoms with Crippen LogP contribution in [0.15, 0.2) is 34.6 Å². The van der Waals surface area contributed by atoms with E-state index in [2.05, 4.69) is 37.5 Å². The lowest BCUT2D eigenvalue weighted by Crippen LogP contribution is -2.55. The molecule has 9 nitrogen and oxygen atoms in total. The molecule has 0 radical (unpaired) electrons. The molecule has 0 aliphatic carbocycles. The van der Waals surface area contributed by atoms with E-state index in [1.165, 1.54) is 24.7 Å². The number of ether oxygens (including phenoxy) is 2. The first-order chi connectivity index (χ1) is 18.8. The Bertz CT molecular complexity index is 1390. The lowest BCUT2D eigenvalue weighted by molar-refractivity contribution is -0.0763. The molecule has 0 saturated carbocycles. The monoisotopic (exact) mass is 543 g/mol. The van der Waals surface area contributed by atoms with Crippen molar-refractivity contribution in [2.24, 2.45) is 22.1 Å². The van der Waals surface area contributed by atoms with Gasteiger partial charge < -0.3 is 14.8 Å². The molecular weight excluding hydrogens is 511 g/mol. The van der Waals surface area contributed by atoms with Crippen molar-refractivity contribution in [3.05, 3.63) is 35.8 Å². The Morgan fingerprint density at radius 3 is 2.74 bits per heavy atom. The van der Waals surface area contributed by atoms with Gasteiger partial charge in [-0.3, -0.25) is 4.90 Å². The van der Waals surface area contributed by atoms with E-state index >= 15 is 4.39 Å². The fraction of sp³-hybridized carbons (Fsp3) is 0.556. The largest absolute Gasteiger partial charge is 0.479 e. The Morgan fingerprint density at radius 2 is 2.05 bits per heavy atom. The zero-order valence-corrected chi connectivity index (χ0v) is 22.1. The number of halogens is 3. The van der Waals surface area contributed by atoms with Crippen LogP contribution in [-0.2, 0) is 4.74 Å². The number of fused-ring (bicyclic) bond motifs is 2. The Hall–Kier alpha value is -3.25. The molecule has 6 rings (SSSR count). The number of rotatable bonds is 7. The third-order valence-corrected chi connectivity index (χ3v) is 8.34. The van der Waals surface area contributed by atoms with Crippen LogP contribution < -0.4 is 10.1 Å². The molecular formula is C27H32F3N7O2. The molecule has 1 unspecified atom stereocenters. The topological polar surface area (TPSA) is 88.6 Å². The third kappa shape index (κ3) is 4.73. The van der Waals surface area contributed by atoms with Crippen molar-refractivity contribution in [2.75, 3.05) is 45.3 Å². The Balaban J connectivity index is 1.31. The van der Waals surface area contributed by atoms with Crippen molar-refractivity contribution < 1.29 is 22.6 Å². The predicted octanol–water partition coefficient (Wildman–Crippen LogP) is 5.15. The molecule has 208 valence electrons. The van der Waals surface area contributed by atoms with Crippen LogP contribution in [0.4, 0.5) is 24.8 Å². The van der Waals surface area contributed by atoms with Crippen LogP contribution in [0.3, 0.4) is 0 Å². The van der Waals surface area contributed by atoms with Gasteiger partial charge in [-0.15, -0.1) is 5.10 Å². The number of aromatic nitrogens is 3. The van der Waals surface area contributed by atoms with Crippen LogP contribution in [0, 0.1) is 17.7 Å². The van der Waals surface area contributed by atoms with Crippen molar-refractivity contribution in [3.63, 3.8) is 0 Å². The normalized spacial score (nSPS) is 24.5. The Morgan fingerprint density at radius 1 is 1.23 bits per heavy atom. The third-order valence-electron chi connectivity index (χ3n) is 8.34. The van der Waals surface area contributed by atoms with Crippen molar-refractivity contribution >= 4 is 17.2 Å². The highest BCUT2D eigenvalue weighted by atomic mass is 19.3. The maximum Gasteiger partial charge on any atom is 0.244 e. The van der Waals surface area contributed by atoms with Crippen LogP contribution in [0.5, 0.6) is 5.88 Å². The Kier molecular flexibility index (Phi) is 6.92. The summed E-state index contributed by atoms with van der Waals surface area (Å²) >= 11 is 0. The molecule has 3 aliphatic rings. The molecule has 1 aromatic carbocycles. The van der Waals surface area contributed by atoms with Gasteiger partial charge in [0, 0.05) is 31.0 Å². The molecule has 2 aromatic heterocycles. The van der Waals surface area contributed by atoms with Gasteiger partial charge in [0.1, 0.15) is 5.52 Å². The zero-order chi connectivity index (χ0) is 27.3. The first-order valence-electron chi connectivity index (χ1n) is 13.3. The van der Waals surface area contributed by atoms with Gasteiger partial charge in [-0.25, -0.2) is 17.7 Å². The molecule has 39 heavy (non-hydrogen) atoms. The van der Waals surface area contributed by atoms with E-state index in [0.29, 0.717) is 40.2 Å². The summed E-state index contributed by atoms with van der Waals surface area (Å²) in [7, 11) is 1.48. The van der Waals surface area contributed by atoms with Crippen LogP contribution in [0.1, 0.15) is 31.7 Å². The first-order valence-corrected chi connectivity index (χ1v) is 13.3. The number of alkyl halides is 2. The molecule has 0 bridgehead atoms. The predicted molar refractivity (Wildman–Crippen MR) is 140 cm³/mol. The van der Waals surface area contributed by atoms with E-state index in [0.717, 1.165) is 32.7 Å². The van der Waals surface area contributed by atoms with Crippen LogP contribution in [0.2, 0.25) is 0 Å². The average Bonchev–Trinajstić information content (AvgIpc) is 3.23. The highest BCUT2D eigenvalue weighted by molar-refractivity contribution is 5.86. The smallest absolute Gasteiger partial charge is 0.244 e. The SMILES string of the molecule is COc1nc(N[C@@H]2CCN(C3COC3)C[C@H]2C)nn2cc(F)c(-c3ccc4c(c3)C([C@H](C)C(F)F)CN=N4)c12. The second-order valence-electron chi connectivity index (χ2n) is 10.8. The minimum Gasteiger partial charge on any atom is -0.479 e. The van der Waals surface area contributed by atoms with Gasteiger partial charge in [-0.1, -0.05) is 19.9 Å². The molecule has 2 fully saturated rings. The minimum atomic E-state index is -2.51. The highest BCUT2D eigenvalue weighted by Crippen LogP contribution is 2.42. The van der Waals surface area contributed by atoms with Gasteiger partial charge in [0.2, 0.25) is 18.3 Å². The summed E-state index contributed by atoms with van der Waals surface area (Å²) in [5, 5.41) is 16.2. The van der Waals surface area contributed by atoms with Gasteiger partial charge >= 0.3 is 0 Å². The molecule has 4 atom stereocenters. The van der Waals surface area contributed by atoms with Gasteiger partial charge in [0.15, 0.2) is 5.82 Å². The maximum absolute atomic E-state index is 15.5. The summed E-state index contributed by atoms with van der Waals surface area (Å²) in [6.07, 6.45) is -0.285. The summed E-state index contributed by atoms with van der Waals surface area (Å²) in [6, 6.07) is 5.79. The second-order valence-corrected chi connectivity index (χ2v) is 10.8. The summed E-state index contributed by atoms with van der Waals surface area (Å²) in [4.78, 5) is 7.05. The van der Waals surface area contributed by atoms with E-state index < -0.39 is 24.1 Å². The summed E-state index contributed by atoms with van der Waals surface area (Å²) in [5.41, 5.74) is 2.27. The van der Waals surface area contributed by atoms with Crippen molar-refractivity contribution in [2.45, 2.75) is 44.7 Å². The summed E-state index contributed by atoms with van der Waals surface area (Å²) in [6.45, 7) is 7.36. The molecule has 0 spiro atoms. The fourth-order valence-corrected chi connectivity index (χ4v) is 5.85. The number of hydrogen-bond acceptors (Lipinski definition) is 8.